The van der Waals surface area contributed by atoms with E-state index in [1.165, 1.54) is 63.8 Å². The molecule has 0 amide bonds. The molecule has 1 saturated carbocycles. The Bertz CT molecular complexity index is 593. The van der Waals surface area contributed by atoms with Gasteiger partial charge in [0, 0.05) is 33.2 Å². The zero-order valence-electron chi connectivity index (χ0n) is 16.2. The fourth-order valence-corrected chi connectivity index (χ4v) is 4.82. The Kier molecular flexibility index (Phi) is 5.78. The molecule has 3 aliphatic rings. The number of likely N-dealkylation sites (tertiary alicyclic amines) is 2. The maximum atomic E-state index is 4.57. The Morgan fingerprint density at radius 2 is 1.92 bits per heavy atom. The third kappa shape index (κ3) is 4.40. The molecule has 4 rings (SSSR count). The average molecular weight is 355 g/mol. The Labute approximate surface area is 158 Å². The maximum absolute atomic E-state index is 4.57. The van der Waals surface area contributed by atoms with Gasteiger partial charge in [0.25, 0.3) is 0 Å². The molecule has 4 nitrogen and oxygen atoms in total. The summed E-state index contributed by atoms with van der Waals surface area (Å²) < 4.78 is 0. The Morgan fingerprint density at radius 3 is 2.69 bits per heavy atom. The monoisotopic (exact) mass is 354 g/mol. The van der Waals surface area contributed by atoms with Crippen molar-refractivity contribution in [1.29, 1.82) is 0 Å². The van der Waals surface area contributed by atoms with Crippen LogP contribution in [0, 0.1) is 11.8 Å². The van der Waals surface area contributed by atoms with Crippen molar-refractivity contribution in [3.63, 3.8) is 0 Å². The van der Waals surface area contributed by atoms with Crippen molar-refractivity contribution in [2.45, 2.75) is 38.0 Å². The average Bonchev–Trinajstić information content (AvgIpc) is 3.33. The number of guanidine groups is 1. The van der Waals surface area contributed by atoms with Crippen molar-refractivity contribution in [2.75, 3.05) is 46.3 Å². The molecule has 3 fully saturated rings. The molecule has 0 aromatic heterocycles. The van der Waals surface area contributed by atoms with Crippen LogP contribution in [0.5, 0.6) is 0 Å². The van der Waals surface area contributed by atoms with Gasteiger partial charge in [-0.1, -0.05) is 36.8 Å². The van der Waals surface area contributed by atoms with Crippen molar-refractivity contribution >= 4 is 5.96 Å². The molecular weight excluding hydrogens is 320 g/mol. The Balaban J connectivity index is 1.21. The van der Waals surface area contributed by atoms with Crippen LogP contribution in [0.2, 0.25) is 0 Å². The van der Waals surface area contributed by atoms with Gasteiger partial charge in [-0.3, -0.25) is 4.99 Å². The summed E-state index contributed by atoms with van der Waals surface area (Å²) >= 11 is 0. The summed E-state index contributed by atoms with van der Waals surface area (Å²) in [6.45, 7) is 7.29. The summed E-state index contributed by atoms with van der Waals surface area (Å²) in [5.41, 5.74) is 1.50. The van der Waals surface area contributed by atoms with E-state index in [0.717, 1.165) is 36.8 Å². The number of hydrogen-bond donors (Lipinski definition) is 1. The van der Waals surface area contributed by atoms with Crippen LogP contribution >= 0.6 is 0 Å². The summed E-state index contributed by atoms with van der Waals surface area (Å²) in [5.74, 6) is 3.43. The lowest BCUT2D eigenvalue weighted by molar-refractivity contribution is 0.198. The lowest BCUT2D eigenvalue weighted by Gasteiger charge is -2.29. The second kappa shape index (κ2) is 8.43. The van der Waals surface area contributed by atoms with E-state index in [4.69, 9.17) is 0 Å². The van der Waals surface area contributed by atoms with Crippen molar-refractivity contribution in [3.8, 4) is 0 Å². The van der Waals surface area contributed by atoms with Gasteiger partial charge in [0.15, 0.2) is 5.96 Å². The van der Waals surface area contributed by atoms with Gasteiger partial charge >= 0.3 is 0 Å². The van der Waals surface area contributed by atoms with Crippen LogP contribution in [-0.2, 0) is 0 Å². The van der Waals surface area contributed by atoms with E-state index in [1.807, 2.05) is 7.05 Å². The second-order valence-corrected chi connectivity index (χ2v) is 8.40. The standard InChI is InChI=1S/C22H34N4/c1-23-22(24-15-20-14-21(20)19-8-4-2-5-9-19)26-13-10-18(17-26)16-25-11-6-3-7-12-25/h2,4-5,8-9,18,20-21H,3,6-7,10-17H2,1H3,(H,23,24). The SMILES string of the molecule is CN=C(NCC1CC1c1ccccc1)N1CCC(CN2CCCCC2)C1. The zero-order chi connectivity index (χ0) is 17.8. The van der Waals surface area contributed by atoms with E-state index in [1.54, 1.807) is 0 Å². The fourth-order valence-electron chi connectivity index (χ4n) is 4.82. The van der Waals surface area contributed by atoms with Gasteiger partial charge in [0.2, 0.25) is 0 Å². The lowest BCUT2D eigenvalue weighted by Crippen LogP contribution is -2.42. The summed E-state index contributed by atoms with van der Waals surface area (Å²) in [6, 6.07) is 11.0. The van der Waals surface area contributed by atoms with Crippen LogP contribution in [0.15, 0.2) is 35.3 Å². The van der Waals surface area contributed by atoms with Crippen LogP contribution in [0.25, 0.3) is 0 Å². The highest BCUT2D eigenvalue weighted by atomic mass is 15.3. The van der Waals surface area contributed by atoms with Gasteiger partial charge in [-0.25, -0.2) is 0 Å². The van der Waals surface area contributed by atoms with Crippen LogP contribution in [0.4, 0.5) is 0 Å². The Morgan fingerprint density at radius 1 is 1.12 bits per heavy atom. The second-order valence-electron chi connectivity index (χ2n) is 8.40. The molecule has 0 spiro atoms. The Hall–Kier alpha value is -1.55. The third-order valence-electron chi connectivity index (χ3n) is 6.43. The number of nitrogens with one attached hydrogen (secondary N) is 1. The quantitative estimate of drug-likeness (QED) is 0.651. The highest BCUT2D eigenvalue weighted by Gasteiger charge is 2.38. The van der Waals surface area contributed by atoms with Crippen molar-refractivity contribution in [1.82, 2.24) is 15.1 Å². The minimum absolute atomic E-state index is 0.743. The van der Waals surface area contributed by atoms with E-state index in [2.05, 4.69) is 50.4 Å². The lowest BCUT2D eigenvalue weighted by atomic mass is 10.1. The van der Waals surface area contributed by atoms with Gasteiger partial charge in [0.05, 0.1) is 0 Å². The number of nitrogens with zero attached hydrogens (tertiary/aromatic N) is 3. The molecule has 0 radical (unpaired) electrons. The summed E-state index contributed by atoms with van der Waals surface area (Å²) in [7, 11) is 1.93. The molecule has 2 aliphatic heterocycles. The maximum Gasteiger partial charge on any atom is 0.193 e. The molecular formula is C22H34N4. The molecule has 3 atom stereocenters. The number of hydrogen-bond acceptors (Lipinski definition) is 2. The number of rotatable bonds is 5. The molecule has 3 unspecified atom stereocenters. The number of piperidine rings is 1. The molecule has 0 bridgehead atoms. The van der Waals surface area contributed by atoms with E-state index >= 15 is 0 Å². The van der Waals surface area contributed by atoms with Crippen molar-refractivity contribution in [3.05, 3.63) is 35.9 Å². The molecule has 1 N–H and O–H groups in total. The molecule has 1 aromatic rings. The highest BCUT2D eigenvalue weighted by molar-refractivity contribution is 5.80. The normalized spacial score (nSPS) is 29.8. The van der Waals surface area contributed by atoms with Crippen LogP contribution < -0.4 is 5.32 Å². The first-order chi connectivity index (χ1) is 12.8. The molecule has 2 saturated heterocycles. The van der Waals surface area contributed by atoms with Crippen LogP contribution in [0.1, 0.15) is 43.6 Å². The van der Waals surface area contributed by atoms with E-state index in [9.17, 15) is 0 Å². The molecule has 4 heteroatoms. The first kappa shape index (κ1) is 17.8. The van der Waals surface area contributed by atoms with Crippen LogP contribution in [-0.4, -0.2) is 62.1 Å². The molecule has 1 aromatic carbocycles. The number of aliphatic imine (C=N–C) groups is 1. The topological polar surface area (TPSA) is 30.9 Å². The minimum Gasteiger partial charge on any atom is -0.356 e. The van der Waals surface area contributed by atoms with Crippen molar-refractivity contribution in [2.24, 2.45) is 16.8 Å². The first-order valence-corrected chi connectivity index (χ1v) is 10.6. The van der Waals surface area contributed by atoms with Gasteiger partial charge in [-0.2, -0.15) is 0 Å². The first-order valence-electron chi connectivity index (χ1n) is 10.6. The third-order valence-corrected chi connectivity index (χ3v) is 6.43. The molecule has 1 aliphatic carbocycles. The van der Waals surface area contributed by atoms with Crippen molar-refractivity contribution < 1.29 is 0 Å². The fraction of sp³-hybridized carbons (Fsp3) is 0.682. The predicted octanol–water partition coefficient (Wildman–Crippen LogP) is 3.17. The van der Waals surface area contributed by atoms with E-state index in [0.29, 0.717) is 0 Å². The smallest absolute Gasteiger partial charge is 0.193 e. The highest BCUT2D eigenvalue weighted by Crippen LogP contribution is 2.46. The van der Waals surface area contributed by atoms with Gasteiger partial charge in [-0.05, 0) is 62.1 Å². The minimum atomic E-state index is 0.743. The summed E-state index contributed by atoms with van der Waals surface area (Å²) in [6.07, 6.45) is 6.83. The van der Waals surface area contributed by atoms with Gasteiger partial charge < -0.3 is 15.1 Å². The molecule has 142 valence electrons. The predicted molar refractivity (Wildman–Crippen MR) is 109 cm³/mol. The molecule has 2 heterocycles. The number of benzene rings is 1. The zero-order valence-corrected chi connectivity index (χ0v) is 16.2. The van der Waals surface area contributed by atoms with Crippen LogP contribution in [0.3, 0.4) is 0 Å². The largest absolute Gasteiger partial charge is 0.356 e. The summed E-state index contributed by atoms with van der Waals surface area (Å²) in [4.78, 5) is 9.73. The van der Waals surface area contributed by atoms with Gasteiger partial charge in [-0.15, -0.1) is 0 Å². The summed E-state index contributed by atoms with van der Waals surface area (Å²) in [5, 5.41) is 3.66. The van der Waals surface area contributed by atoms with E-state index < -0.39 is 0 Å². The van der Waals surface area contributed by atoms with E-state index in [-0.39, 0.29) is 0 Å². The van der Waals surface area contributed by atoms with Gasteiger partial charge in [0.1, 0.15) is 0 Å². The molecule has 26 heavy (non-hydrogen) atoms.